The molecule has 0 bridgehead atoms. The Morgan fingerprint density at radius 2 is 1.97 bits per heavy atom. The molecule has 0 aromatic rings. The minimum Gasteiger partial charge on any atom is -0.469 e. The number of allylic oxidation sites excluding steroid dienone is 2. The molecule has 0 amide bonds. The number of methoxy groups -OCH3 is 1. The van der Waals surface area contributed by atoms with E-state index in [0.717, 1.165) is 12.8 Å². The second kappa shape index (κ2) is 12.9. The summed E-state index contributed by atoms with van der Waals surface area (Å²) in [6, 6.07) is 0. The third-order valence-electron chi connectivity index (χ3n) is 5.73. The zero-order chi connectivity index (χ0) is 21.9. The molecule has 0 saturated heterocycles. The normalized spacial score (nSPS) is 26.8. The fraction of sp³-hybridized carbons (Fsp3) is 0.696. The van der Waals surface area contributed by atoms with Crippen LogP contribution in [0.2, 0.25) is 0 Å². The van der Waals surface area contributed by atoms with Crippen molar-refractivity contribution in [3.8, 4) is 0 Å². The van der Waals surface area contributed by atoms with Crippen LogP contribution in [0.1, 0.15) is 64.7 Å². The van der Waals surface area contributed by atoms with E-state index < -0.39 is 23.6 Å². The van der Waals surface area contributed by atoms with Crippen LogP contribution in [0.4, 0.5) is 4.39 Å². The molecule has 1 fully saturated rings. The second-order valence-corrected chi connectivity index (χ2v) is 7.96. The average Bonchev–Trinajstić information content (AvgIpc) is 2.95. The summed E-state index contributed by atoms with van der Waals surface area (Å²) in [5.74, 6) is -1.37. The molecule has 0 radical (unpaired) electrons. The number of hydrogen-bond donors (Lipinski definition) is 3. The van der Waals surface area contributed by atoms with E-state index in [1.807, 2.05) is 19.1 Å². The van der Waals surface area contributed by atoms with Crippen molar-refractivity contribution in [2.24, 2.45) is 11.8 Å². The van der Waals surface area contributed by atoms with E-state index in [2.05, 4.69) is 11.3 Å². The molecule has 0 heterocycles. The van der Waals surface area contributed by atoms with Gasteiger partial charge in [0.05, 0.1) is 19.3 Å². The number of hydrogen-bond acceptors (Lipinski definition) is 5. The average molecular weight is 413 g/mol. The number of carbonyl (C=O) groups is 1. The molecule has 0 aromatic carbocycles. The van der Waals surface area contributed by atoms with Gasteiger partial charge in [0, 0.05) is 25.2 Å². The van der Waals surface area contributed by atoms with E-state index >= 15 is 0 Å². The van der Waals surface area contributed by atoms with Crippen molar-refractivity contribution in [2.45, 2.75) is 82.5 Å². The quantitative estimate of drug-likeness (QED) is 0.242. The predicted octanol–water partition coefficient (Wildman–Crippen LogP) is 3.98. The molecular formula is C23H37FO5. The fourth-order valence-corrected chi connectivity index (χ4v) is 3.78. The Morgan fingerprint density at radius 1 is 1.24 bits per heavy atom. The van der Waals surface area contributed by atoms with E-state index in [-0.39, 0.29) is 24.2 Å². The highest BCUT2D eigenvalue weighted by Gasteiger charge is 2.39. The van der Waals surface area contributed by atoms with Gasteiger partial charge < -0.3 is 20.1 Å². The molecule has 5 atom stereocenters. The van der Waals surface area contributed by atoms with Gasteiger partial charge in [-0.2, -0.15) is 0 Å². The van der Waals surface area contributed by atoms with Gasteiger partial charge >= 0.3 is 5.97 Å². The van der Waals surface area contributed by atoms with Crippen LogP contribution in [0, 0.1) is 11.8 Å². The number of halogens is 1. The van der Waals surface area contributed by atoms with Gasteiger partial charge in [0.2, 0.25) is 0 Å². The first kappa shape index (κ1) is 25.5. The Labute approximate surface area is 174 Å². The highest BCUT2D eigenvalue weighted by molar-refractivity contribution is 5.69. The minimum atomic E-state index is -1.58. The summed E-state index contributed by atoms with van der Waals surface area (Å²) in [6.45, 7) is 5.25. The minimum absolute atomic E-state index is 0.0950. The van der Waals surface area contributed by atoms with Gasteiger partial charge in [-0.1, -0.05) is 50.6 Å². The number of ether oxygens (including phenoxy) is 1. The molecule has 1 unspecified atom stereocenters. The lowest BCUT2D eigenvalue weighted by Crippen LogP contribution is -2.28. The topological polar surface area (TPSA) is 87.0 Å². The van der Waals surface area contributed by atoms with Gasteiger partial charge in [0.25, 0.3) is 0 Å². The molecule has 5 nitrogen and oxygen atoms in total. The number of rotatable bonds is 13. The molecule has 1 aliphatic rings. The zero-order valence-corrected chi connectivity index (χ0v) is 17.7. The molecule has 1 aliphatic carbocycles. The number of esters is 1. The molecule has 0 aliphatic heterocycles. The van der Waals surface area contributed by atoms with Gasteiger partial charge in [0.15, 0.2) is 0 Å². The molecule has 29 heavy (non-hydrogen) atoms. The summed E-state index contributed by atoms with van der Waals surface area (Å²) in [6.07, 6.45) is 10.8. The first-order valence-electron chi connectivity index (χ1n) is 10.6. The van der Waals surface area contributed by atoms with Crippen LogP contribution in [0.15, 0.2) is 36.7 Å². The molecule has 6 heteroatoms. The van der Waals surface area contributed by atoms with E-state index in [4.69, 9.17) is 0 Å². The zero-order valence-electron chi connectivity index (χ0n) is 17.7. The monoisotopic (exact) mass is 412 g/mol. The third-order valence-corrected chi connectivity index (χ3v) is 5.73. The van der Waals surface area contributed by atoms with Crippen LogP contribution in [0.3, 0.4) is 0 Å². The van der Waals surface area contributed by atoms with Gasteiger partial charge in [0.1, 0.15) is 11.4 Å². The summed E-state index contributed by atoms with van der Waals surface area (Å²) in [5, 5.41) is 31.1. The Hall–Kier alpha value is -1.50. The molecule has 166 valence electrons. The molecular weight excluding hydrogens is 375 g/mol. The maximum atomic E-state index is 13.7. The fourth-order valence-electron chi connectivity index (χ4n) is 3.78. The molecule has 0 spiro atoms. The van der Waals surface area contributed by atoms with E-state index in [1.165, 1.54) is 7.11 Å². The maximum absolute atomic E-state index is 13.7. The lowest BCUT2D eigenvalue weighted by Gasteiger charge is -2.25. The highest BCUT2D eigenvalue weighted by Crippen LogP contribution is 2.37. The number of unbranched alkanes of at least 4 members (excludes halogenated alkanes) is 2. The smallest absolute Gasteiger partial charge is 0.305 e. The standard InChI is InChI=1S/C23H37FO5/c1-4-5-14-23(28,17(2)24)15-10-12-19-18(20(25)16-21(19)26)11-8-6-7-9-13-22(27)29-3/h6,8,10,12,18-21,25-26,28H,2,4-5,7,9,11,13-16H2,1,3H3/t18-,19-,20+,21-,23?/m1/s1. The van der Waals surface area contributed by atoms with Crippen molar-refractivity contribution in [3.05, 3.63) is 36.7 Å². The maximum Gasteiger partial charge on any atom is 0.305 e. The Balaban J connectivity index is 2.61. The first-order valence-corrected chi connectivity index (χ1v) is 10.6. The van der Waals surface area contributed by atoms with Crippen molar-refractivity contribution < 1.29 is 29.2 Å². The number of aliphatic hydroxyl groups is 3. The van der Waals surface area contributed by atoms with Gasteiger partial charge in [-0.15, -0.1) is 0 Å². The van der Waals surface area contributed by atoms with Crippen LogP contribution in [0.25, 0.3) is 0 Å². The van der Waals surface area contributed by atoms with Crippen molar-refractivity contribution in [1.29, 1.82) is 0 Å². The van der Waals surface area contributed by atoms with E-state index in [0.29, 0.717) is 38.5 Å². The third kappa shape index (κ3) is 8.41. The highest BCUT2D eigenvalue weighted by atomic mass is 19.1. The molecule has 0 aromatic heterocycles. The molecule has 1 rings (SSSR count). The van der Waals surface area contributed by atoms with E-state index in [1.54, 1.807) is 12.2 Å². The van der Waals surface area contributed by atoms with Crippen LogP contribution >= 0.6 is 0 Å². The van der Waals surface area contributed by atoms with Crippen molar-refractivity contribution in [3.63, 3.8) is 0 Å². The lowest BCUT2D eigenvalue weighted by molar-refractivity contribution is -0.140. The SMILES string of the molecule is C=C(F)C(O)(CC=C[C@@H]1[C@@H](CC=CCCCC(=O)OC)[C@@H](O)C[C@H]1O)CCCC. The Bertz CT molecular complexity index is 574. The predicted molar refractivity (Wildman–Crippen MR) is 112 cm³/mol. The van der Waals surface area contributed by atoms with Crippen LogP contribution in [-0.4, -0.2) is 46.2 Å². The van der Waals surface area contributed by atoms with Crippen LogP contribution in [0.5, 0.6) is 0 Å². The largest absolute Gasteiger partial charge is 0.469 e. The van der Waals surface area contributed by atoms with Gasteiger partial charge in [-0.3, -0.25) is 4.79 Å². The van der Waals surface area contributed by atoms with Crippen molar-refractivity contribution in [1.82, 2.24) is 0 Å². The van der Waals surface area contributed by atoms with E-state index in [9.17, 15) is 24.5 Å². The van der Waals surface area contributed by atoms with Gasteiger partial charge in [-0.25, -0.2) is 4.39 Å². The summed E-state index contributed by atoms with van der Waals surface area (Å²) in [5.41, 5.74) is -1.58. The number of aliphatic hydroxyl groups excluding tert-OH is 2. The molecule has 3 N–H and O–H groups in total. The van der Waals surface area contributed by atoms with Crippen LogP contribution < -0.4 is 0 Å². The molecule has 1 saturated carbocycles. The summed E-state index contributed by atoms with van der Waals surface area (Å²) in [4.78, 5) is 11.1. The Morgan fingerprint density at radius 3 is 2.59 bits per heavy atom. The summed E-state index contributed by atoms with van der Waals surface area (Å²) in [7, 11) is 1.37. The van der Waals surface area contributed by atoms with Gasteiger partial charge in [-0.05, 0) is 31.6 Å². The summed E-state index contributed by atoms with van der Waals surface area (Å²) >= 11 is 0. The number of carbonyl (C=O) groups excluding carboxylic acids is 1. The van der Waals surface area contributed by atoms with Crippen molar-refractivity contribution in [2.75, 3.05) is 7.11 Å². The summed E-state index contributed by atoms with van der Waals surface area (Å²) < 4.78 is 18.3. The Kier molecular flexibility index (Phi) is 11.4. The van der Waals surface area contributed by atoms with Crippen LogP contribution in [-0.2, 0) is 9.53 Å². The van der Waals surface area contributed by atoms with Crippen molar-refractivity contribution >= 4 is 5.97 Å². The first-order chi connectivity index (χ1) is 13.7. The second-order valence-electron chi connectivity index (χ2n) is 7.96. The lowest BCUT2D eigenvalue weighted by atomic mass is 9.87.